The number of benzene rings is 1. The number of Topliss-reactive ketones (excluding diaryl/α,β-unsaturated/α-hetero) is 1. The van der Waals surface area contributed by atoms with Crippen LogP contribution in [0, 0.1) is 0 Å². The summed E-state index contributed by atoms with van der Waals surface area (Å²) < 4.78 is 0. The maximum absolute atomic E-state index is 11.7. The van der Waals surface area contributed by atoms with Crippen molar-refractivity contribution in [3.8, 4) is 0 Å². The molecule has 0 atom stereocenters. The summed E-state index contributed by atoms with van der Waals surface area (Å²) in [6.45, 7) is 2.14. The molecule has 1 aromatic carbocycles. The fourth-order valence-electron chi connectivity index (χ4n) is 1.44. The summed E-state index contributed by atoms with van der Waals surface area (Å²) in [5.41, 5.74) is 1.03. The van der Waals surface area contributed by atoms with Gasteiger partial charge in [0.15, 0.2) is 5.78 Å². The predicted octanol–water partition coefficient (Wildman–Crippen LogP) is 1.28. The summed E-state index contributed by atoms with van der Waals surface area (Å²) >= 11 is 0. The number of carbonyl (C=O) groups is 3. The van der Waals surface area contributed by atoms with Gasteiger partial charge in [-0.3, -0.25) is 9.59 Å². The molecule has 0 unspecified atom stereocenters. The minimum atomic E-state index is -1.08. The number of hydrogen-bond acceptors (Lipinski definition) is 3. The average Bonchev–Trinajstić information content (AvgIpc) is 2.37. The second kappa shape index (κ2) is 7.15. The fourth-order valence-corrected chi connectivity index (χ4v) is 1.44. The molecule has 0 aliphatic carbocycles. The zero-order valence-electron chi connectivity index (χ0n) is 10.6. The van der Waals surface area contributed by atoms with E-state index in [1.54, 1.807) is 24.3 Å². The van der Waals surface area contributed by atoms with Gasteiger partial charge in [0.25, 0.3) is 5.91 Å². The third kappa shape index (κ3) is 5.20. The van der Waals surface area contributed by atoms with Gasteiger partial charge in [-0.1, -0.05) is 12.1 Å². The Morgan fingerprint density at radius 3 is 2.05 bits per heavy atom. The Morgan fingerprint density at radius 2 is 1.53 bits per heavy atom. The minimum absolute atomic E-state index is 0.0493. The van der Waals surface area contributed by atoms with Crippen molar-refractivity contribution >= 4 is 17.8 Å². The fraction of sp³-hybridized carbons (Fsp3) is 0.308. The monoisotopic (exact) mass is 264 g/mol. The lowest BCUT2D eigenvalue weighted by molar-refractivity contribution is 0.0951. The zero-order chi connectivity index (χ0) is 14.3. The Kier molecular flexibility index (Phi) is 5.53. The molecule has 0 fully saturated rings. The van der Waals surface area contributed by atoms with Crippen molar-refractivity contribution in [3.05, 3.63) is 35.4 Å². The molecule has 0 aliphatic rings. The highest BCUT2D eigenvalue weighted by atomic mass is 16.4. The van der Waals surface area contributed by atoms with Crippen LogP contribution < -0.4 is 10.6 Å². The van der Waals surface area contributed by atoms with Gasteiger partial charge in [-0.15, -0.1) is 0 Å². The van der Waals surface area contributed by atoms with Gasteiger partial charge in [0.1, 0.15) is 0 Å². The molecule has 6 heteroatoms. The molecule has 19 heavy (non-hydrogen) atoms. The number of amides is 2. The highest BCUT2D eigenvalue weighted by molar-refractivity contribution is 5.97. The van der Waals surface area contributed by atoms with E-state index < -0.39 is 6.09 Å². The third-order valence-electron chi connectivity index (χ3n) is 2.47. The molecule has 0 heterocycles. The first-order chi connectivity index (χ1) is 9.00. The molecule has 0 radical (unpaired) electrons. The van der Waals surface area contributed by atoms with E-state index in [9.17, 15) is 14.4 Å². The van der Waals surface area contributed by atoms with Crippen molar-refractivity contribution in [3.63, 3.8) is 0 Å². The van der Waals surface area contributed by atoms with Crippen LogP contribution in [0.2, 0.25) is 0 Å². The van der Waals surface area contributed by atoms with Crippen LogP contribution in [0.5, 0.6) is 0 Å². The zero-order valence-corrected chi connectivity index (χ0v) is 10.6. The first-order valence-electron chi connectivity index (χ1n) is 5.86. The normalized spacial score (nSPS) is 9.74. The quantitative estimate of drug-likeness (QED) is 0.532. The molecule has 0 aliphatic heterocycles. The summed E-state index contributed by atoms with van der Waals surface area (Å²) in [5, 5.41) is 13.2. The molecule has 3 N–H and O–H groups in total. The van der Waals surface area contributed by atoms with Gasteiger partial charge in [0, 0.05) is 24.2 Å². The van der Waals surface area contributed by atoms with Crippen LogP contribution in [0.3, 0.4) is 0 Å². The number of carbonyl (C=O) groups excluding carboxylic acids is 2. The van der Waals surface area contributed by atoms with E-state index in [0.717, 1.165) is 0 Å². The Labute approximate surface area is 110 Å². The summed E-state index contributed by atoms with van der Waals surface area (Å²) in [6.07, 6.45) is -0.560. The van der Waals surface area contributed by atoms with Crippen LogP contribution >= 0.6 is 0 Å². The van der Waals surface area contributed by atoms with Crippen molar-refractivity contribution in [1.29, 1.82) is 0 Å². The van der Waals surface area contributed by atoms with Gasteiger partial charge < -0.3 is 15.7 Å². The van der Waals surface area contributed by atoms with E-state index in [1.807, 2.05) is 0 Å². The van der Waals surface area contributed by atoms with E-state index in [2.05, 4.69) is 10.6 Å². The SMILES string of the molecule is CC(=O)c1ccc(C(=O)NCCCNC(=O)O)cc1. The van der Waals surface area contributed by atoms with E-state index >= 15 is 0 Å². The van der Waals surface area contributed by atoms with Crippen molar-refractivity contribution in [2.45, 2.75) is 13.3 Å². The summed E-state index contributed by atoms with van der Waals surface area (Å²) in [4.78, 5) is 32.9. The topological polar surface area (TPSA) is 95.5 Å². The predicted molar refractivity (Wildman–Crippen MR) is 69.4 cm³/mol. The van der Waals surface area contributed by atoms with E-state index in [4.69, 9.17) is 5.11 Å². The lowest BCUT2D eigenvalue weighted by Gasteiger charge is -2.05. The standard InChI is InChI=1S/C13H16N2O4/c1-9(16)10-3-5-11(6-4-10)12(17)14-7-2-8-15-13(18)19/h3-6,15H,2,7-8H2,1H3,(H,14,17)(H,18,19). The molecule has 102 valence electrons. The molecule has 0 aromatic heterocycles. The molecular formula is C13H16N2O4. The van der Waals surface area contributed by atoms with Gasteiger partial charge >= 0.3 is 6.09 Å². The van der Waals surface area contributed by atoms with Crippen molar-refractivity contribution in [2.24, 2.45) is 0 Å². The molecule has 0 saturated heterocycles. The maximum Gasteiger partial charge on any atom is 0.404 e. The highest BCUT2D eigenvalue weighted by Crippen LogP contribution is 2.05. The van der Waals surface area contributed by atoms with Crippen molar-refractivity contribution in [1.82, 2.24) is 10.6 Å². The summed E-state index contributed by atoms with van der Waals surface area (Å²) in [5.74, 6) is -0.294. The number of nitrogens with one attached hydrogen (secondary N) is 2. The van der Waals surface area contributed by atoms with Gasteiger partial charge in [0.05, 0.1) is 0 Å². The number of ketones is 1. The Hall–Kier alpha value is -2.37. The van der Waals surface area contributed by atoms with Gasteiger partial charge in [0.2, 0.25) is 0 Å². The van der Waals surface area contributed by atoms with Crippen molar-refractivity contribution < 1.29 is 19.5 Å². The van der Waals surface area contributed by atoms with Crippen molar-refractivity contribution in [2.75, 3.05) is 13.1 Å². The Bertz CT molecular complexity index is 468. The number of rotatable bonds is 6. The van der Waals surface area contributed by atoms with Crippen LogP contribution in [0.4, 0.5) is 4.79 Å². The second-order valence-electron chi connectivity index (χ2n) is 3.97. The van der Waals surface area contributed by atoms with Gasteiger partial charge in [-0.25, -0.2) is 4.79 Å². The first-order valence-corrected chi connectivity index (χ1v) is 5.86. The summed E-state index contributed by atoms with van der Waals surface area (Å²) in [6, 6.07) is 6.37. The molecule has 1 rings (SSSR count). The van der Waals surface area contributed by atoms with Gasteiger partial charge in [-0.2, -0.15) is 0 Å². The van der Waals surface area contributed by atoms with E-state index in [-0.39, 0.29) is 11.7 Å². The lowest BCUT2D eigenvalue weighted by Crippen LogP contribution is -2.29. The highest BCUT2D eigenvalue weighted by Gasteiger charge is 2.05. The molecular weight excluding hydrogens is 248 g/mol. The molecule has 1 aromatic rings. The van der Waals surface area contributed by atoms with Crippen LogP contribution in [-0.2, 0) is 0 Å². The summed E-state index contributed by atoms with van der Waals surface area (Å²) in [7, 11) is 0. The third-order valence-corrected chi connectivity index (χ3v) is 2.47. The molecule has 0 saturated carbocycles. The molecule has 0 bridgehead atoms. The van der Waals surface area contributed by atoms with Crippen LogP contribution in [0.25, 0.3) is 0 Å². The average molecular weight is 264 g/mol. The largest absolute Gasteiger partial charge is 0.465 e. The lowest BCUT2D eigenvalue weighted by atomic mass is 10.1. The van der Waals surface area contributed by atoms with E-state index in [1.165, 1.54) is 6.92 Å². The van der Waals surface area contributed by atoms with Crippen LogP contribution in [-0.4, -0.2) is 36.0 Å². The molecule has 6 nitrogen and oxygen atoms in total. The minimum Gasteiger partial charge on any atom is -0.465 e. The molecule has 0 spiro atoms. The molecule has 2 amide bonds. The smallest absolute Gasteiger partial charge is 0.404 e. The Balaban J connectivity index is 2.37. The number of hydrogen-bond donors (Lipinski definition) is 3. The maximum atomic E-state index is 11.7. The second-order valence-corrected chi connectivity index (χ2v) is 3.97. The van der Waals surface area contributed by atoms with Crippen LogP contribution in [0.15, 0.2) is 24.3 Å². The van der Waals surface area contributed by atoms with Crippen LogP contribution in [0.1, 0.15) is 34.1 Å². The first kappa shape index (κ1) is 14.7. The van der Waals surface area contributed by atoms with Gasteiger partial charge in [-0.05, 0) is 25.5 Å². The van der Waals surface area contributed by atoms with E-state index in [0.29, 0.717) is 30.6 Å². The number of carboxylic acid groups (broad SMARTS) is 1. The Morgan fingerprint density at radius 1 is 1.00 bits per heavy atom.